The Morgan fingerprint density at radius 2 is 0.909 bits per heavy atom. The average molecular weight is 846 g/mol. The minimum absolute atomic E-state index is 0.510. The van der Waals surface area contributed by atoms with E-state index in [0.717, 1.165) is 105 Å². The summed E-state index contributed by atoms with van der Waals surface area (Å²) in [5, 5.41) is 10.2. The Bertz CT molecular complexity index is 3880. The van der Waals surface area contributed by atoms with E-state index in [1.54, 1.807) is 0 Å². The molecular weight excluding hydrogens is 807 g/mol. The highest BCUT2D eigenvalue weighted by atomic mass is 16.3. The second kappa shape index (κ2) is 15.5. The van der Waals surface area contributed by atoms with Gasteiger partial charge in [-0.2, -0.15) is 0 Å². The average Bonchev–Trinajstić information content (AvgIpc) is 3.97. The highest BCUT2D eigenvalue weighted by molar-refractivity contribution is 6.24. The largest absolute Gasteiger partial charge is 0.456 e. The standard InChI is InChI=1S/C61H39N3O2/c1-3-13-38(14-4-1)40-25-27-42(28-26-40)44-19-11-20-47(35-44)48-33-34-51(56-53-36-45-17-7-8-18-46(45)37-55(53)66-58(48)56)60-62-59(43-31-29-41(30-32-43)39-15-5-2-6-16-39)63-61(64-60)52-23-12-22-50-49-21-9-10-24-54(49)65-57(50)52/h1-37,61H,(H,62,63,64). The first-order chi connectivity index (χ1) is 32.7. The molecule has 10 aromatic carbocycles. The van der Waals surface area contributed by atoms with Crippen molar-refractivity contribution in [2.45, 2.75) is 6.17 Å². The lowest BCUT2D eigenvalue weighted by Crippen LogP contribution is -2.33. The monoisotopic (exact) mass is 845 g/mol. The molecule has 5 nitrogen and oxygen atoms in total. The molecule has 0 bridgehead atoms. The number of fused-ring (bicyclic) bond motifs is 7. The Balaban J connectivity index is 0.982. The molecule has 5 heteroatoms. The summed E-state index contributed by atoms with van der Waals surface area (Å²) in [7, 11) is 0. The zero-order valence-corrected chi connectivity index (χ0v) is 35.7. The van der Waals surface area contributed by atoms with Gasteiger partial charge in [0.2, 0.25) is 0 Å². The van der Waals surface area contributed by atoms with E-state index in [0.29, 0.717) is 11.7 Å². The topological polar surface area (TPSA) is 63.0 Å². The highest BCUT2D eigenvalue weighted by Crippen LogP contribution is 2.42. The normalized spacial score (nSPS) is 13.9. The molecule has 0 radical (unpaired) electrons. The molecule has 1 N–H and O–H groups in total. The first-order valence-corrected chi connectivity index (χ1v) is 22.3. The zero-order chi connectivity index (χ0) is 43.6. The lowest BCUT2D eigenvalue weighted by molar-refractivity contribution is 0.628. The van der Waals surface area contributed by atoms with E-state index in [1.807, 2.05) is 18.2 Å². The third-order valence-corrected chi connectivity index (χ3v) is 13.0. The van der Waals surface area contributed by atoms with E-state index < -0.39 is 6.17 Å². The fraction of sp³-hybridized carbons (Fsp3) is 0.0164. The van der Waals surface area contributed by atoms with Crippen molar-refractivity contribution in [3.63, 3.8) is 0 Å². The van der Waals surface area contributed by atoms with E-state index in [1.165, 1.54) is 11.1 Å². The summed E-state index contributed by atoms with van der Waals surface area (Å²) in [6.45, 7) is 0. The number of aliphatic imine (C=N–C) groups is 2. The van der Waals surface area contributed by atoms with Gasteiger partial charge >= 0.3 is 0 Å². The van der Waals surface area contributed by atoms with Crippen molar-refractivity contribution in [3.8, 4) is 44.5 Å². The van der Waals surface area contributed by atoms with Crippen LogP contribution >= 0.6 is 0 Å². The maximum atomic E-state index is 7.03. The van der Waals surface area contributed by atoms with E-state index in [4.69, 9.17) is 18.8 Å². The van der Waals surface area contributed by atoms with Crippen LogP contribution in [-0.4, -0.2) is 11.7 Å². The van der Waals surface area contributed by atoms with E-state index in [9.17, 15) is 0 Å². The number of benzene rings is 10. The summed E-state index contributed by atoms with van der Waals surface area (Å²) in [5.74, 6) is 1.33. The van der Waals surface area contributed by atoms with Gasteiger partial charge in [0.05, 0.1) is 0 Å². The minimum Gasteiger partial charge on any atom is -0.456 e. The first-order valence-electron chi connectivity index (χ1n) is 22.3. The molecule has 1 aliphatic rings. The number of nitrogens with zero attached hydrogens (tertiary/aromatic N) is 2. The number of amidine groups is 2. The van der Waals surface area contributed by atoms with Crippen molar-refractivity contribution >= 4 is 66.3 Å². The SMILES string of the molecule is c1ccc(-c2ccc(C3=NC(c4cccc5c4oc4ccccc45)NC(c4ccc(-c5cccc(-c6ccc(-c7ccccc7)cc6)c5)c5oc6cc7ccccc7cc6c45)=N3)cc2)cc1. The van der Waals surface area contributed by atoms with Gasteiger partial charge in [-0.25, -0.2) is 9.98 Å². The highest BCUT2D eigenvalue weighted by Gasteiger charge is 2.28. The summed E-state index contributed by atoms with van der Waals surface area (Å²) >= 11 is 0. The van der Waals surface area contributed by atoms with Gasteiger partial charge in [-0.1, -0.05) is 188 Å². The van der Waals surface area contributed by atoms with Gasteiger partial charge in [0.1, 0.15) is 28.2 Å². The Hall–Kier alpha value is -8.80. The molecule has 0 spiro atoms. The molecule has 1 atom stereocenters. The quantitative estimate of drug-likeness (QED) is 0.174. The fourth-order valence-electron chi connectivity index (χ4n) is 9.64. The Labute approximate surface area is 380 Å². The third-order valence-electron chi connectivity index (χ3n) is 13.0. The van der Waals surface area contributed by atoms with Crippen molar-refractivity contribution < 1.29 is 8.83 Å². The van der Waals surface area contributed by atoms with Gasteiger partial charge < -0.3 is 14.2 Å². The van der Waals surface area contributed by atoms with Crippen LogP contribution in [0.2, 0.25) is 0 Å². The fourth-order valence-corrected chi connectivity index (χ4v) is 9.64. The number of hydrogen-bond donors (Lipinski definition) is 1. The van der Waals surface area contributed by atoms with Crippen LogP contribution in [0.5, 0.6) is 0 Å². The number of nitrogens with one attached hydrogen (secondary N) is 1. The molecular formula is C61H39N3O2. The molecule has 1 unspecified atom stereocenters. The smallest absolute Gasteiger partial charge is 0.159 e. The van der Waals surface area contributed by atoms with Crippen molar-refractivity contribution in [2.24, 2.45) is 9.98 Å². The molecule has 0 saturated carbocycles. The van der Waals surface area contributed by atoms with Crippen molar-refractivity contribution in [3.05, 3.63) is 241 Å². The summed E-state index contributed by atoms with van der Waals surface area (Å²) in [5.41, 5.74) is 15.0. The van der Waals surface area contributed by atoms with Gasteiger partial charge in [-0.05, 0) is 86.1 Å². The molecule has 0 aliphatic carbocycles. The Kier molecular flexibility index (Phi) is 8.84. The molecule has 3 heterocycles. The lowest BCUT2D eigenvalue weighted by atomic mass is 9.94. The van der Waals surface area contributed by atoms with Gasteiger partial charge in [0.15, 0.2) is 12.0 Å². The van der Waals surface area contributed by atoms with Crippen LogP contribution in [0.25, 0.3) is 99.2 Å². The Morgan fingerprint density at radius 1 is 0.364 bits per heavy atom. The van der Waals surface area contributed by atoms with E-state index in [-0.39, 0.29) is 0 Å². The molecule has 13 rings (SSSR count). The maximum Gasteiger partial charge on any atom is 0.159 e. The zero-order valence-electron chi connectivity index (χ0n) is 35.7. The summed E-state index contributed by atoms with van der Waals surface area (Å²) in [6.07, 6.45) is -0.510. The molecule has 12 aromatic rings. The number of hydrogen-bond acceptors (Lipinski definition) is 5. The van der Waals surface area contributed by atoms with Crippen LogP contribution in [0.4, 0.5) is 0 Å². The van der Waals surface area contributed by atoms with E-state index >= 15 is 0 Å². The third kappa shape index (κ3) is 6.48. The number of furan rings is 2. The Morgan fingerprint density at radius 3 is 1.65 bits per heavy atom. The molecule has 1 aliphatic heterocycles. The van der Waals surface area contributed by atoms with Crippen LogP contribution in [0.3, 0.4) is 0 Å². The predicted octanol–water partition coefficient (Wildman–Crippen LogP) is 15.8. The van der Waals surface area contributed by atoms with Crippen LogP contribution in [0.1, 0.15) is 22.9 Å². The molecule has 0 amide bonds. The van der Waals surface area contributed by atoms with Gasteiger partial charge in [0.25, 0.3) is 0 Å². The molecule has 66 heavy (non-hydrogen) atoms. The van der Waals surface area contributed by atoms with Gasteiger partial charge in [-0.15, -0.1) is 0 Å². The number of rotatable bonds is 7. The minimum atomic E-state index is -0.510. The molecule has 0 fully saturated rings. The van der Waals surface area contributed by atoms with Crippen molar-refractivity contribution in [1.29, 1.82) is 0 Å². The van der Waals surface area contributed by atoms with Crippen molar-refractivity contribution in [2.75, 3.05) is 0 Å². The maximum absolute atomic E-state index is 7.03. The van der Waals surface area contributed by atoms with Crippen LogP contribution in [-0.2, 0) is 0 Å². The molecule has 310 valence electrons. The number of para-hydroxylation sites is 2. The van der Waals surface area contributed by atoms with Crippen LogP contribution in [0, 0.1) is 0 Å². The first kappa shape index (κ1) is 37.7. The van der Waals surface area contributed by atoms with Crippen molar-refractivity contribution in [1.82, 2.24) is 5.32 Å². The predicted molar refractivity (Wildman–Crippen MR) is 272 cm³/mol. The second-order valence-electron chi connectivity index (χ2n) is 16.9. The second-order valence-corrected chi connectivity index (χ2v) is 16.9. The van der Waals surface area contributed by atoms with Crippen LogP contribution in [0.15, 0.2) is 243 Å². The molecule has 2 aromatic heterocycles. The molecule has 0 saturated heterocycles. The van der Waals surface area contributed by atoms with Gasteiger partial charge in [0, 0.05) is 43.8 Å². The lowest BCUT2D eigenvalue weighted by Gasteiger charge is -2.24. The van der Waals surface area contributed by atoms with Crippen LogP contribution < -0.4 is 5.32 Å². The summed E-state index contributed by atoms with van der Waals surface area (Å²) in [6, 6.07) is 78.7. The van der Waals surface area contributed by atoms with E-state index in [2.05, 4.69) is 212 Å². The summed E-state index contributed by atoms with van der Waals surface area (Å²) in [4.78, 5) is 10.7. The summed E-state index contributed by atoms with van der Waals surface area (Å²) < 4.78 is 13.6. The van der Waals surface area contributed by atoms with Gasteiger partial charge in [-0.3, -0.25) is 0 Å².